The molecule has 6 heteroatoms. The van der Waals surface area contributed by atoms with Gasteiger partial charge in [0.1, 0.15) is 5.82 Å². The average Bonchev–Trinajstić information content (AvgIpc) is 2.59. The predicted octanol–water partition coefficient (Wildman–Crippen LogP) is 2.53. The summed E-state index contributed by atoms with van der Waals surface area (Å²) in [6.07, 6.45) is 6.42. The van der Waals surface area contributed by atoms with Crippen LogP contribution >= 0.6 is 11.8 Å². The maximum atomic E-state index is 12.5. The molecule has 1 aliphatic heterocycles. The van der Waals surface area contributed by atoms with Crippen molar-refractivity contribution in [2.75, 3.05) is 11.1 Å². The van der Waals surface area contributed by atoms with Gasteiger partial charge in [0.05, 0.1) is 11.3 Å². The molecule has 24 heavy (non-hydrogen) atoms. The Morgan fingerprint density at radius 1 is 1.33 bits per heavy atom. The minimum absolute atomic E-state index is 0.141. The number of rotatable bonds is 4. The van der Waals surface area contributed by atoms with E-state index in [-0.39, 0.29) is 23.8 Å². The van der Waals surface area contributed by atoms with Crippen molar-refractivity contribution in [1.29, 1.82) is 0 Å². The molecular weight excluding hydrogens is 322 g/mol. The van der Waals surface area contributed by atoms with Crippen LogP contribution in [0.15, 0.2) is 34.2 Å². The van der Waals surface area contributed by atoms with Gasteiger partial charge in [-0.3, -0.25) is 9.59 Å². The van der Waals surface area contributed by atoms with Crippen molar-refractivity contribution in [3.8, 4) is 12.3 Å². The molecule has 122 valence electrons. The van der Waals surface area contributed by atoms with E-state index in [9.17, 15) is 9.59 Å². The van der Waals surface area contributed by atoms with Gasteiger partial charge in [-0.05, 0) is 17.5 Å². The number of benzene rings is 1. The Hall–Kier alpha value is -2.52. The number of hydrogen-bond acceptors (Lipinski definition) is 4. The van der Waals surface area contributed by atoms with Crippen LogP contribution in [0.2, 0.25) is 0 Å². The number of hydrogen-bond donors (Lipinski definition) is 2. The Labute approximate surface area is 144 Å². The molecule has 2 aromatic rings. The average molecular weight is 339 g/mol. The number of carbonyl (C=O) groups excluding carboxylic acids is 1. The summed E-state index contributed by atoms with van der Waals surface area (Å²) < 4.78 is 0. The quantitative estimate of drug-likeness (QED) is 0.510. The monoisotopic (exact) mass is 339 g/mol. The molecule has 1 aliphatic rings. The summed E-state index contributed by atoms with van der Waals surface area (Å²) in [5.74, 6) is 2.79. The van der Waals surface area contributed by atoms with Crippen molar-refractivity contribution in [3.05, 3.63) is 51.3 Å². The second-order valence-electron chi connectivity index (χ2n) is 5.53. The lowest BCUT2D eigenvalue weighted by molar-refractivity contribution is -0.116. The Balaban J connectivity index is 2.04. The Morgan fingerprint density at radius 2 is 2.08 bits per heavy atom. The van der Waals surface area contributed by atoms with Crippen LogP contribution in [0.3, 0.4) is 0 Å². The number of H-pyrrole nitrogens is 1. The number of aromatic amines is 1. The zero-order valence-electron chi connectivity index (χ0n) is 13.3. The van der Waals surface area contributed by atoms with Crippen molar-refractivity contribution in [3.63, 3.8) is 0 Å². The van der Waals surface area contributed by atoms with E-state index in [0.29, 0.717) is 22.3 Å². The number of terminal acetylenes is 1. The van der Waals surface area contributed by atoms with E-state index < -0.39 is 0 Å². The van der Waals surface area contributed by atoms with Crippen molar-refractivity contribution in [1.82, 2.24) is 9.97 Å². The number of anilines is 1. The number of nitrogens with one attached hydrogen (secondary N) is 2. The molecule has 0 saturated carbocycles. The van der Waals surface area contributed by atoms with Gasteiger partial charge in [0.2, 0.25) is 5.91 Å². The van der Waals surface area contributed by atoms with Gasteiger partial charge < -0.3 is 10.3 Å². The summed E-state index contributed by atoms with van der Waals surface area (Å²) in [4.78, 5) is 31.7. The number of aryl methyl sites for hydroxylation is 1. The number of amides is 1. The van der Waals surface area contributed by atoms with E-state index in [2.05, 4.69) is 28.1 Å². The third-order valence-electron chi connectivity index (χ3n) is 4.01. The van der Waals surface area contributed by atoms with E-state index in [0.717, 1.165) is 12.0 Å². The molecule has 1 atom stereocenters. The minimum atomic E-state index is -0.289. The fourth-order valence-electron chi connectivity index (χ4n) is 2.80. The van der Waals surface area contributed by atoms with E-state index in [4.69, 9.17) is 6.42 Å². The molecule has 1 amide bonds. The van der Waals surface area contributed by atoms with Crippen molar-refractivity contribution < 1.29 is 4.79 Å². The highest BCUT2D eigenvalue weighted by Crippen LogP contribution is 2.34. The minimum Gasteiger partial charge on any atom is -0.310 e. The zero-order chi connectivity index (χ0) is 17.1. The Bertz CT molecular complexity index is 865. The van der Waals surface area contributed by atoms with Gasteiger partial charge in [0, 0.05) is 12.3 Å². The van der Waals surface area contributed by atoms with Gasteiger partial charge in [-0.2, -0.15) is 0 Å². The van der Waals surface area contributed by atoms with Crippen LogP contribution in [0.5, 0.6) is 0 Å². The lowest BCUT2D eigenvalue weighted by atomic mass is 9.86. The largest absolute Gasteiger partial charge is 0.310 e. The molecule has 1 aromatic carbocycles. The van der Waals surface area contributed by atoms with Gasteiger partial charge in [0.15, 0.2) is 5.16 Å². The van der Waals surface area contributed by atoms with Gasteiger partial charge in [-0.1, -0.05) is 48.9 Å². The Kier molecular flexibility index (Phi) is 4.72. The highest BCUT2D eigenvalue weighted by atomic mass is 32.2. The first-order valence-corrected chi connectivity index (χ1v) is 8.70. The molecule has 5 nitrogen and oxygen atoms in total. The second-order valence-corrected chi connectivity index (χ2v) is 6.49. The van der Waals surface area contributed by atoms with E-state index >= 15 is 0 Å². The summed E-state index contributed by atoms with van der Waals surface area (Å²) in [6.45, 7) is 2.09. The Morgan fingerprint density at radius 3 is 2.75 bits per heavy atom. The molecule has 2 N–H and O–H groups in total. The standard InChI is InChI=1S/C18H17N3O2S/c1-3-9-24-18-20-16-15(17(23)21-18)13(10-14(22)19-16)12-7-5-11(4-2)6-8-12/h1,5-8,13H,4,9-10H2,2H3,(H2,19,20,21,22,23)/t13-/m0/s1. The second kappa shape index (κ2) is 6.93. The fraction of sp³-hybridized carbons (Fsp3) is 0.278. The maximum absolute atomic E-state index is 12.5. The first-order chi connectivity index (χ1) is 11.6. The number of fused-ring (bicyclic) bond motifs is 1. The molecule has 0 bridgehead atoms. The third kappa shape index (κ3) is 3.22. The molecule has 0 unspecified atom stereocenters. The van der Waals surface area contributed by atoms with E-state index in [1.54, 1.807) is 0 Å². The van der Waals surface area contributed by atoms with Crippen LogP contribution in [-0.4, -0.2) is 21.6 Å². The summed E-state index contributed by atoms with van der Waals surface area (Å²) in [7, 11) is 0. The predicted molar refractivity (Wildman–Crippen MR) is 95.3 cm³/mol. The molecular formula is C18H17N3O2S. The number of nitrogens with zero attached hydrogens (tertiary/aromatic N) is 1. The van der Waals surface area contributed by atoms with E-state index in [1.807, 2.05) is 24.3 Å². The van der Waals surface area contributed by atoms with Crippen LogP contribution in [0, 0.1) is 12.3 Å². The number of aromatic nitrogens is 2. The zero-order valence-corrected chi connectivity index (χ0v) is 14.1. The van der Waals surface area contributed by atoms with Crippen LogP contribution in [0.25, 0.3) is 0 Å². The van der Waals surface area contributed by atoms with Gasteiger partial charge >= 0.3 is 0 Å². The van der Waals surface area contributed by atoms with Crippen LogP contribution in [0.1, 0.15) is 36.0 Å². The fourth-order valence-corrected chi connectivity index (χ4v) is 3.34. The summed E-state index contributed by atoms with van der Waals surface area (Å²) in [5.41, 5.74) is 2.43. The van der Waals surface area contributed by atoms with Crippen molar-refractivity contribution >= 4 is 23.5 Å². The van der Waals surface area contributed by atoms with E-state index in [1.165, 1.54) is 17.3 Å². The topological polar surface area (TPSA) is 74.8 Å². The molecule has 2 heterocycles. The van der Waals surface area contributed by atoms with Crippen LogP contribution in [0.4, 0.5) is 5.82 Å². The molecule has 0 saturated heterocycles. The van der Waals surface area contributed by atoms with Gasteiger partial charge in [-0.15, -0.1) is 6.42 Å². The summed E-state index contributed by atoms with van der Waals surface area (Å²) in [5, 5.41) is 3.12. The molecule has 0 fully saturated rings. The third-order valence-corrected chi connectivity index (χ3v) is 4.79. The first kappa shape index (κ1) is 16.3. The van der Waals surface area contributed by atoms with Gasteiger partial charge in [0.25, 0.3) is 5.56 Å². The maximum Gasteiger partial charge on any atom is 0.257 e. The lowest BCUT2D eigenvalue weighted by Gasteiger charge is -2.24. The molecule has 0 radical (unpaired) electrons. The first-order valence-electron chi connectivity index (χ1n) is 7.71. The van der Waals surface area contributed by atoms with Crippen LogP contribution in [-0.2, 0) is 11.2 Å². The molecule has 3 rings (SSSR count). The van der Waals surface area contributed by atoms with Crippen molar-refractivity contribution in [2.45, 2.75) is 30.8 Å². The van der Waals surface area contributed by atoms with Gasteiger partial charge in [-0.25, -0.2) is 4.98 Å². The van der Waals surface area contributed by atoms with Crippen molar-refractivity contribution in [2.24, 2.45) is 0 Å². The summed E-state index contributed by atoms with van der Waals surface area (Å²) in [6, 6.07) is 8.01. The highest BCUT2D eigenvalue weighted by molar-refractivity contribution is 7.99. The molecule has 0 aliphatic carbocycles. The number of thioether (sulfide) groups is 1. The molecule has 0 spiro atoms. The normalized spacial score (nSPS) is 16.2. The SMILES string of the molecule is C#CCSc1nc2c(c(=O)[nH]1)[C@H](c1ccc(CC)cc1)CC(=O)N2. The van der Waals surface area contributed by atoms with Crippen LogP contribution < -0.4 is 10.9 Å². The summed E-state index contributed by atoms with van der Waals surface area (Å²) >= 11 is 1.26. The number of carbonyl (C=O) groups is 1. The molecule has 1 aromatic heterocycles. The smallest absolute Gasteiger partial charge is 0.257 e. The highest BCUT2D eigenvalue weighted by Gasteiger charge is 2.30. The lowest BCUT2D eigenvalue weighted by Crippen LogP contribution is -2.31.